The van der Waals surface area contributed by atoms with Gasteiger partial charge in [0.25, 0.3) is 0 Å². The summed E-state index contributed by atoms with van der Waals surface area (Å²) in [6, 6.07) is 14.3. The van der Waals surface area contributed by atoms with Crippen LogP contribution in [0.1, 0.15) is 18.5 Å². The molecule has 0 aliphatic heterocycles. The van der Waals surface area contributed by atoms with Gasteiger partial charge in [0.05, 0.1) is 13.2 Å². The van der Waals surface area contributed by atoms with Crippen molar-refractivity contribution in [3.63, 3.8) is 0 Å². The minimum absolute atomic E-state index is 0.161. The molecule has 0 spiro atoms. The summed E-state index contributed by atoms with van der Waals surface area (Å²) in [5.74, 6) is 0.899. The van der Waals surface area contributed by atoms with Crippen LogP contribution in [0.2, 0.25) is 0 Å². The number of hydrogen-bond acceptors (Lipinski definition) is 2. The maximum absolute atomic E-state index is 5.39. The Morgan fingerprint density at radius 3 is 2.53 bits per heavy atom. The van der Waals surface area contributed by atoms with Crippen molar-refractivity contribution in [2.24, 2.45) is 0 Å². The molecule has 2 aromatic carbocycles. The highest BCUT2D eigenvalue weighted by molar-refractivity contribution is 9.11. The number of halogens is 2. The second-order valence-corrected chi connectivity index (χ2v) is 6.00. The number of benzene rings is 2. The molecule has 19 heavy (non-hydrogen) atoms. The fourth-order valence-electron chi connectivity index (χ4n) is 1.94. The Morgan fingerprint density at radius 2 is 1.84 bits per heavy atom. The summed E-state index contributed by atoms with van der Waals surface area (Å²) in [5, 5.41) is 3.48. The maximum Gasteiger partial charge on any atom is 0.124 e. The van der Waals surface area contributed by atoms with Crippen molar-refractivity contribution in [1.82, 2.24) is 0 Å². The van der Waals surface area contributed by atoms with Crippen molar-refractivity contribution in [2.45, 2.75) is 13.0 Å². The predicted octanol–water partition coefficient (Wildman–Crippen LogP) is 5.39. The molecule has 100 valence electrons. The van der Waals surface area contributed by atoms with Crippen LogP contribution in [0, 0.1) is 0 Å². The smallest absolute Gasteiger partial charge is 0.124 e. The lowest BCUT2D eigenvalue weighted by Crippen LogP contribution is -2.08. The average Bonchev–Trinajstić information content (AvgIpc) is 2.41. The molecule has 0 amide bonds. The molecule has 0 aliphatic carbocycles. The maximum atomic E-state index is 5.39. The van der Waals surface area contributed by atoms with Crippen LogP contribution in [0.4, 0.5) is 5.69 Å². The van der Waals surface area contributed by atoms with Crippen LogP contribution < -0.4 is 10.1 Å². The van der Waals surface area contributed by atoms with Crippen molar-refractivity contribution >= 4 is 37.5 Å². The Balaban J connectivity index is 2.23. The minimum Gasteiger partial charge on any atom is -0.496 e. The third-order valence-electron chi connectivity index (χ3n) is 2.91. The molecule has 1 unspecified atom stereocenters. The van der Waals surface area contributed by atoms with Gasteiger partial charge in [-0.2, -0.15) is 0 Å². The summed E-state index contributed by atoms with van der Waals surface area (Å²) < 4.78 is 7.48. The monoisotopic (exact) mass is 383 g/mol. The number of nitrogens with one attached hydrogen (secondary N) is 1. The molecule has 2 aromatic rings. The van der Waals surface area contributed by atoms with Crippen LogP contribution in [-0.2, 0) is 0 Å². The van der Waals surface area contributed by atoms with Gasteiger partial charge in [0, 0.05) is 20.2 Å². The zero-order chi connectivity index (χ0) is 13.8. The molecular formula is C15H15Br2NO. The van der Waals surface area contributed by atoms with Crippen molar-refractivity contribution in [1.29, 1.82) is 0 Å². The highest BCUT2D eigenvalue weighted by atomic mass is 79.9. The summed E-state index contributed by atoms with van der Waals surface area (Å²) in [4.78, 5) is 0. The van der Waals surface area contributed by atoms with Gasteiger partial charge in [0.15, 0.2) is 0 Å². The van der Waals surface area contributed by atoms with E-state index in [1.165, 1.54) is 0 Å². The Kier molecular flexibility index (Phi) is 4.88. The zero-order valence-electron chi connectivity index (χ0n) is 10.8. The summed E-state index contributed by atoms with van der Waals surface area (Å²) in [6.45, 7) is 2.12. The molecule has 1 atom stereocenters. The van der Waals surface area contributed by atoms with Gasteiger partial charge in [-0.25, -0.2) is 0 Å². The van der Waals surface area contributed by atoms with Gasteiger partial charge >= 0.3 is 0 Å². The van der Waals surface area contributed by atoms with Gasteiger partial charge < -0.3 is 10.1 Å². The highest BCUT2D eigenvalue weighted by Gasteiger charge is 2.11. The molecule has 0 saturated carbocycles. The molecule has 0 saturated heterocycles. The molecule has 4 heteroatoms. The largest absolute Gasteiger partial charge is 0.496 e. The third-order valence-corrected chi connectivity index (χ3v) is 4.06. The molecule has 0 radical (unpaired) electrons. The second kappa shape index (κ2) is 6.44. The van der Waals surface area contributed by atoms with E-state index in [0.29, 0.717) is 0 Å². The quantitative estimate of drug-likeness (QED) is 0.762. The minimum atomic E-state index is 0.161. The normalized spacial score (nSPS) is 12.0. The predicted molar refractivity (Wildman–Crippen MR) is 86.9 cm³/mol. The van der Waals surface area contributed by atoms with Crippen LogP contribution >= 0.6 is 31.9 Å². The van der Waals surface area contributed by atoms with Crippen molar-refractivity contribution in [3.05, 3.63) is 57.0 Å². The second-order valence-electron chi connectivity index (χ2n) is 4.23. The molecule has 0 fully saturated rings. The zero-order valence-corrected chi connectivity index (χ0v) is 14.0. The molecule has 0 aromatic heterocycles. The Labute approximate surface area is 130 Å². The first-order valence-electron chi connectivity index (χ1n) is 5.96. The summed E-state index contributed by atoms with van der Waals surface area (Å²) in [7, 11) is 1.70. The fraction of sp³-hybridized carbons (Fsp3) is 0.200. The van der Waals surface area contributed by atoms with Crippen LogP contribution in [0.3, 0.4) is 0 Å². The van der Waals surface area contributed by atoms with Gasteiger partial charge in [-0.05, 0) is 47.1 Å². The first-order valence-corrected chi connectivity index (χ1v) is 7.55. The van der Waals surface area contributed by atoms with E-state index in [9.17, 15) is 0 Å². The Bertz CT molecular complexity index is 572. The third kappa shape index (κ3) is 3.51. The van der Waals surface area contributed by atoms with Gasteiger partial charge in [-0.1, -0.05) is 34.1 Å². The standard InChI is InChI=1S/C15H15Br2NO/c1-10(12-5-3-4-6-15(12)19-2)18-14-8-7-11(16)9-13(14)17/h3-10,18H,1-2H3. The van der Waals surface area contributed by atoms with E-state index >= 15 is 0 Å². The first-order chi connectivity index (χ1) is 9.11. The van der Waals surface area contributed by atoms with E-state index in [0.717, 1.165) is 25.9 Å². The molecule has 2 rings (SSSR count). The topological polar surface area (TPSA) is 21.3 Å². The van der Waals surface area contributed by atoms with Crippen LogP contribution in [0.5, 0.6) is 5.75 Å². The Hall–Kier alpha value is -1.000. The van der Waals surface area contributed by atoms with Gasteiger partial charge in [0.1, 0.15) is 5.75 Å². The van der Waals surface area contributed by atoms with Crippen molar-refractivity contribution < 1.29 is 4.74 Å². The molecular weight excluding hydrogens is 370 g/mol. The number of para-hydroxylation sites is 1. The molecule has 2 nitrogen and oxygen atoms in total. The lowest BCUT2D eigenvalue weighted by atomic mass is 10.1. The van der Waals surface area contributed by atoms with Crippen LogP contribution in [0.15, 0.2) is 51.4 Å². The van der Waals surface area contributed by atoms with E-state index in [2.05, 4.69) is 50.2 Å². The van der Waals surface area contributed by atoms with Crippen LogP contribution in [0.25, 0.3) is 0 Å². The lowest BCUT2D eigenvalue weighted by Gasteiger charge is -2.19. The average molecular weight is 385 g/mol. The van der Waals surface area contributed by atoms with Crippen LogP contribution in [-0.4, -0.2) is 7.11 Å². The van der Waals surface area contributed by atoms with Crippen molar-refractivity contribution in [2.75, 3.05) is 12.4 Å². The van der Waals surface area contributed by atoms with Gasteiger partial charge in [0.2, 0.25) is 0 Å². The summed E-state index contributed by atoms with van der Waals surface area (Å²) in [6.07, 6.45) is 0. The SMILES string of the molecule is COc1ccccc1C(C)Nc1ccc(Br)cc1Br. The fourth-order valence-corrected chi connectivity index (χ4v) is 3.10. The highest BCUT2D eigenvalue weighted by Crippen LogP contribution is 2.31. The van der Waals surface area contributed by atoms with E-state index < -0.39 is 0 Å². The number of hydrogen-bond donors (Lipinski definition) is 1. The van der Waals surface area contributed by atoms with Gasteiger partial charge in [-0.3, -0.25) is 0 Å². The van der Waals surface area contributed by atoms with E-state index in [4.69, 9.17) is 4.74 Å². The number of rotatable bonds is 4. The van der Waals surface area contributed by atoms with E-state index in [-0.39, 0.29) is 6.04 Å². The summed E-state index contributed by atoms with van der Waals surface area (Å²) in [5.41, 5.74) is 2.20. The number of ether oxygens (including phenoxy) is 1. The molecule has 0 heterocycles. The summed E-state index contributed by atoms with van der Waals surface area (Å²) >= 11 is 7.01. The number of methoxy groups -OCH3 is 1. The van der Waals surface area contributed by atoms with E-state index in [1.807, 2.05) is 36.4 Å². The van der Waals surface area contributed by atoms with Crippen molar-refractivity contribution in [3.8, 4) is 5.75 Å². The molecule has 1 N–H and O–H groups in total. The lowest BCUT2D eigenvalue weighted by molar-refractivity contribution is 0.408. The first kappa shape index (κ1) is 14.4. The Morgan fingerprint density at radius 1 is 1.11 bits per heavy atom. The molecule has 0 aliphatic rings. The van der Waals surface area contributed by atoms with E-state index in [1.54, 1.807) is 7.11 Å². The van der Waals surface area contributed by atoms with Gasteiger partial charge in [-0.15, -0.1) is 0 Å². The number of anilines is 1. The molecule has 0 bridgehead atoms.